The van der Waals surface area contributed by atoms with Crippen LogP contribution in [0.15, 0.2) is 12.3 Å². The smallest absolute Gasteiger partial charge is 0.226 e. The Bertz CT molecular complexity index is 237. The number of aryl methyl sites for hydroxylation is 1. The van der Waals surface area contributed by atoms with Crippen LogP contribution < -0.4 is 4.74 Å². The van der Waals surface area contributed by atoms with E-state index in [1.54, 1.807) is 13.3 Å². The van der Waals surface area contributed by atoms with Crippen molar-refractivity contribution in [3.63, 3.8) is 0 Å². The van der Waals surface area contributed by atoms with Crippen LogP contribution in [0.5, 0.6) is 5.88 Å². The van der Waals surface area contributed by atoms with E-state index in [2.05, 4.69) is 27.6 Å². The van der Waals surface area contributed by atoms with E-state index in [9.17, 15) is 0 Å². The van der Waals surface area contributed by atoms with E-state index in [0.29, 0.717) is 5.88 Å². The number of nitrogens with zero attached hydrogens (tertiary/aromatic N) is 1. The van der Waals surface area contributed by atoms with Gasteiger partial charge in [0.25, 0.3) is 0 Å². The predicted molar refractivity (Wildman–Crippen MR) is 48.2 cm³/mol. The van der Waals surface area contributed by atoms with Gasteiger partial charge in [-0.15, -0.1) is 0 Å². The maximum Gasteiger partial charge on any atom is 0.226 e. The Balaban J connectivity index is 3.07. The largest absolute Gasteiger partial charge is 0.480 e. The lowest BCUT2D eigenvalue weighted by Crippen LogP contribution is -1.90. The van der Waals surface area contributed by atoms with Crippen molar-refractivity contribution in [1.29, 1.82) is 0 Å². The molecule has 2 nitrogen and oxygen atoms in total. The predicted octanol–water partition coefficient (Wildman–Crippen LogP) is 2.00. The summed E-state index contributed by atoms with van der Waals surface area (Å²) in [6.45, 7) is 2.01. The van der Waals surface area contributed by atoms with Gasteiger partial charge in [0.15, 0.2) is 0 Å². The van der Waals surface area contributed by atoms with Gasteiger partial charge in [0.05, 0.1) is 10.7 Å². The maximum absolute atomic E-state index is 4.98. The number of rotatable bonds is 1. The molecule has 0 aliphatic rings. The highest BCUT2D eigenvalue weighted by Crippen LogP contribution is 2.17. The van der Waals surface area contributed by atoms with Gasteiger partial charge in [0.2, 0.25) is 5.88 Å². The molecule has 0 saturated carbocycles. The lowest BCUT2D eigenvalue weighted by atomic mass is 10.3. The summed E-state index contributed by atoms with van der Waals surface area (Å²) in [5, 5.41) is 0. The van der Waals surface area contributed by atoms with E-state index >= 15 is 0 Å². The zero-order valence-electron chi connectivity index (χ0n) is 5.89. The van der Waals surface area contributed by atoms with Crippen LogP contribution in [0.25, 0.3) is 0 Å². The van der Waals surface area contributed by atoms with Gasteiger partial charge in [-0.1, -0.05) is 0 Å². The summed E-state index contributed by atoms with van der Waals surface area (Å²) in [6.07, 6.45) is 1.79. The summed E-state index contributed by atoms with van der Waals surface area (Å²) in [6, 6.07) is 2.03. The second-order valence-electron chi connectivity index (χ2n) is 2.00. The second-order valence-corrected chi connectivity index (χ2v) is 3.17. The molecule has 10 heavy (non-hydrogen) atoms. The molecule has 0 bridgehead atoms. The first-order chi connectivity index (χ1) is 4.74. The van der Waals surface area contributed by atoms with E-state index in [1.165, 1.54) is 0 Å². The standard InChI is InChI=1S/C7H8INO/c1-5-3-6(8)7(10-2)9-4-5/h3-4H,1-2H3. The molecule has 1 heterocycles. The number of hydrogen-bond donors (Lipinski definition) is 0. The molecule has 1 rings (SSSR count). The number of aromatic nitrogens is 1. The van der Waals surface area contributed by atoms with Crippen molar-refractivity contribution in [3.8, 4) is 5.88 Å². The lowest BCUT2D eigenvalue weighted by molar-refractivity contribution is 0.394. The third kappa shape index (κ3) is 1.59. The average molecular weight is 249 g/mol. The maximum atomic E-state index is 4.98. The fraction of sp³-hybridized carbons (Fsp3) is 0.286. The summed E-state index contributed by atoms with van der Waals surface area (Å²) in [5.74, 6) is 0.700. The molecule has 0 N–H and O–H groups in total. The third-order valence-corrected chi connectivity index (χ3v) is 1.91. The van der Waals surface area contributed by atoms with Crippen molar-refractivity contribution < 1.29 is 4.74 Å². The van der Waals surface area contributed by atoms with Crippen LogP contribution in [0.1, 0.15) is 5.56 Å². The molecule has 0 aliphatic carbocycles. The normalized spacial score (nSPS) is 9.50. The van der Waals surface area contributed by atoms with Crippen LogP contribution in [0.4, 0.5) is 0 Å². The van der Waals surface area contributed by atoms with Crippen LogP contribution in [0, 0.1) is 10.5 Å². The Hall–Kier alpha value is -0.320. The molecule has 54 valence electrons. The van der Waals surface area contributed by atoms with Gasteiger partial charge in [-0.2, -0.15) is 0 Å². The number of methoxy groups -OCH3 is 1. The molecule has 1 aromatic heterocycles. The monoisotopic (exact) mass is 249 g/mol. The van der Waals surface area contributed by atoms with E-state index < -0.39 is 0 Å². The zero-order valence-corrected chi connectivity index (χ0v) is 8.05. The highest BCUT2D eigenvalue weighted by atomic mass is 127. The number of halogens is 1. The highest BCUT2D eigenvalue weighted by Gasteiger charge is 1.98. The first kappa shape index (κ1) is 7.78. The summed E-state index contributed by atoms with van der Waals surface area (Å²) >= 11 is 2.20. The molecule has 0 fully saturated rings. The SMILES string of the molecule is COc1ncc(C)cc1I. The minimum absolute atomic E-state index is 0.700. The third-order valence-electron chi connectivity index (χ3n) is 1.14. The lowest BCUT2D eigenvalue weighted by Gasteiger charge is -2.00. The molecule has 0 radical (unpaired) electrons. The van der Waals surface area contributed by atoms with E-state index in [0.717, 1.165) is 9.13 Å². The van der Waals surface area contributed by atoms with Crippen molar-refractivity contribution in [2.24, 2.45) is 0 Å². The molecular weight excluding hydrogens is 241 g/mol. The molecule has 0 saturated heterocycles. The molecule has 0 aromatic carbocycles. The quantitative estimate of drug-likeness (QED) is 0.710. The van der Waals surface area contributed by atoms with Gasteiger partial charge in [0, 0.05) is 6.20 Å². The Labute approximate surface area is 73.8 Å². The zero-order chi connectivity index (χ0) is 7.56. The average Bonchev–Trinajstić information content (AvgIpc) is 1.88. The van der Waals surface area contributed by atoms with Crippen LogP contribution in [0.3, 0.4) is 0 Å². The topological polar surface area (TPSA) is 22.1 Å². The molecule has 0 aliphatic heterocycles. The minimum atomic E-state index is 0.700. The summed E-state index contributed by atoms with van der Waals surface area (Å²) in [7, 11) is 1.62. The molecule has 1 aromatic rings. The van der Waals surface area contributed by atoms with Crippen molar-refractivity contribution in [1.82, 2.24) is 4.98 Å². The second kappa shape index (κ2) is 3.18. The van der Waals surface area contributed by atoms with Gasteiger partial charge < -0.3 is 4.74 Å². The Morgan fingerprint density at radius 2 is 2.30 bits per heavy atom. The fourth-order valence-electron chi connectivity index (χ4n) is 0.671. The van der Waals surface area contributed by atoms with Crippen LogP contribution in [-0.4, -0.2) is 12.1 Å². The number of hydrogen-bond acceptors (Lipinski definition) is 2. The minimum Gasteiger partial charge on any atom is -0.480 e. The molecule has 0 atom stereocenters. The van der Waals surface area contributed by atoms with Crippen molar-refractivity contribution in [2.45, 2.75) is 6.92 Å². The summed E-state index contributed by atoms with van der Waals surface area (Å²) in [4.78, 5) is 4.07. The Morgan fingerprint density at radius 3 is 2.80 bits per heavy atom. The molecule has 3 heteroatoms. The van der Waals surface area contributed by atoms with Gasteiger partial charge in [-0.3, -0.25) is 0 Å². The first-order valence-corrected chi connectivity index (χ1v) is 3.98. The van der Waals surface area contributed by atoms with Gasteiger partial charge in [-0.05, 0) is 41.1 Å². The van der Waals surface area contributed by atoms with Crippen LogP contribution in [0.2, 0.25) is 0 Å². The summed E-state index contributed by atoms with van der Waals surface area (Å²) in [5.41, 5.74) is 1.16. The highest BCUT2D eigenvalue weighted by molar-refractivity contribution is 14.1. The Kier molecular flexibility index (Phi) is 2.48. The van der Waals surface area contributed by atoms with Gasteiger partial charge in [-0.25, -0.2) is 4.98 Å². The molecular formula is C7H8INO. The van der Waals surface area contributed by atoms with Crippen molar-refractivity contribution >= 4 is 22.6 Å². The van der Waals surface area contributed by atoms with E-state index in [4.69, 9.17) is 4.74 Å². The first-order valence-electron chi connectivity index (χ1n) is 2.90. The Morgan fingerprint density at radius 1 is 1.60 bits per heavy atom. The van der Waals surface area contributed by atoms with Gasteiger partial charge >= 0.3 is 0 Å². The fourth-order valence-corrected chi connectivity index (χ4v) is 1.52. The summed E-state index contributed by atoms with van der Waals surface area (Å²) < 4.78 is 6.04. The number of pyridine rings is 1. The van der Waals surface area contributed by atoms with E-state index in [-0.39, 0.29) is 0 Å². The molecule has 0 amide bonds. The molecule has 0 unspecified atom stereocenters. The number of ether oxygens (including phenoxy) is 1. The van der Waals surface area contributed by atoms with Crippen molar-refractivity contribution in [2.75, 3.05) is 7.11 Å². The van der Waals surface area contributed by atoms with Crippen molar-refractivity contribution in [3.05, 3.63) is 21.4 Å². The molecule has 0 spiro atoms. The van der Waals surface area contributed by atoms with Gasteiger partial charge in [0.1, 0.15) is 0 Å². The van der Waals surface area contributed by atoms with E-state index in [1.807, 2.05) is 13.0 Å². The van der Waals surface area contributed by atoms with Crippen LogP contribution >= 0.6 is 22.6 Å². The van der Waals surface area contributed by atoms with Crippen LogP contribution in [-0.2, 0) is 0 Å².